The Hall–Kier alpha value is -1.96. The zero-order valence-electron chi connectivity index (χ0n) is 12.0. The molecule has 0 radical (unpaired) electrons. The van der Waals surface area contributed by atoms with Gasteiger partial charge in [0.2, 0.25) is 0 Å². The largest absolute Gasteiger partial charge is 0.397 e. The number of nitrogens with two attached hydrogens (primary N) is 1. The Morgan fingerprint density at radius 1 is 1.00 bits per heavy atom. The first-order valence-corrected chi connectivity index (χ1v) is 6.76. The third kappa shape index (κ3) is 3.28. The van der Waals surface area contributed by atoms with Gasteiger partial charge in [-0.1, -0.05) is 41.5 Å². The van der Waals surface area contributed by atoms with Gasteiger partial charge in [0.1, 0.15) is 0 Å². The van der Waals surface area contributed by atoms with Gasteiger partial charge in [0.15, 0.2) is 0 Å². The number of hydrogen-bond donors (Lipinski definition) is 1. The highest BCUT2D eigenvalue weighted by Crippen LogP contribution is 2.24. The van der Waals surface area contributed by atoms with Crippen molar-refractivity contribution in [1.29, 1.82) is 0 Å². The minimum atomic E-state index is 0.841. The van der Waals surface area contributed by atoms with Crippen molar-refractivity contribution < 1.29 is 0 Å². The molecule has 2 N–H and O–H groups in total. The summed E-state index contributed by atoms with van der Waals surface area (Å²) in [6.45, 7) is 8.29. The van der Waals surface area contributed by atoms with Crippen LogP contribution in [0.25, 0.3) is 0 Å². The Morgan fingerprint density at radius 3 is 2.21 bits per heavy atom. The van der Waals surface area contributed by atoms with Crippen molar-refractivity contribution in [2.24, 2.45) is 0 Å². The van der Waals surface area contributed by atoms with Gasteiger partial charge in [-0.15, -0.1) is 0 Å². The van der Waals surface area contributed by atoms with Gasteiger partial charge in [-0.3, -0.25) is 0 Å². The van der Waals surface area contributed by atoms with Crippen LogP contribution in [0.3, 0.4) is 0 Å². The van der Waals surface area contributed by atoms with Crippen molar-refractivity contribution in [1.82, 2.24) is 0 Å². The van der Waals surface area contributed by atoms with Crippen molar-refractivity contribution >= 4 is 11.4 Å². The summed E-state index contributed by atoms with van der Waals surface area (Å²) in [4.78, 5) is 2.31. The maximum Gasteiger partial charge on any atom is 0.0602 e. The van der Waals surface area contributed by atoms with Crippen LogP contribution in [0.5, 0.6) is 0 Å². The molecule has 0 unspecified atom stereocenters. The lowest BCUT2D eigenvalue weighted by molar-refractivity contribution is 0.832. The van der Waals surface area contributed by atoms with Gasteiger partial charge in [0.25, 0.3) is 0 Å². The molecule has 0 amide bonds. The van der Waals surface area contributed by atoms with Gasteiger partial charge in [0, 0.05) is 13.1 Å². The van der Waals surface area contributed by atoms with E-state index in [0.29, 0.717) is 0 Å². The molecule has 0 heterocycles. The normalized spacial score (nSPS) is 10.5. The first-order chi connectivity index (χ1) is 9.10. The fourth-order valence-electron chi connectivity index (χ4n) is 2.52. The van der Waals surface area contributed by atoms with Gasteiger partial charge < -0.3 is 10.6 Å². The zero-order chi connectivity index (χ0) is 13.8. The predicted octanol–water partition coefficient (Wildman–Crippen LogP) is 3.91. The molecule has 2 aromatic carbocycles. The van der Waals surface area contributed by atoms with Gasteiger partial charge in [0.05, 0.1) is 11.4 Å². The highest BCUT2D eigenvalue weighted by atomic mass is 15.1. The lowest BCUT2D eigenvalue weighted by Gasteiger charge is -2.25. The van der Waals surface area contributed by atoms with Crippen LogP contribution in [0, 0.1) is 13.8 Å². The van der Waals surface area contributed by atoms with E-state index in [1.165, 1.54) is 16.7 Å². The Labute approximate surface area is 115 Å². The highest BCUT2D eigenvalue weighted by Gasteiger charge is 2.08. The molecule has 0 saturated carbocycles. The van der Waals surface area contributed by atoms with Gasteiger partial charge in [-0.2, -0.15) is 0 Å². The van der Waals surface area contributed by atoms with E-state index in [4.69, 9.17) is 5.73 Å². The van der Waals surface area contributed by atoms with Crippen molar-refractivity contribution in [3.05, 3.63) is 59.2 Å². The Morgan fingerprint density at radius 2 is 1.63 bits per heavy atom. The van der Waals surface area contributed by atoms with E-state index in [1.807, 2.05) is 18.2 Å². The average molecular weight is 254 g/mol. The van der Waals surface area contributed by atoms with E-state index in [2.05, 4.69) is 49.9 Å². The molecule has 19 heavy (non-hydrogen) atoms. The number of aryl methyl sites for hydroxylation is 2. The molecule has 2 rings (SSSR count). The van der Waals surface area contributed by atoms with Crippen LogP contribution >= 0.6 is 0 Å². The topological polar surface area (TPSA) is 29.3 Å². The van der Waals surface area contributed by atoms with Crippen molar-refractivity contribution in [2.45, 2.75) is 27.3 Å². The second-order valence-corrected chi connectivity index (χ2v) is 5.07. The molecular formula is C17H22N2. The molecule has 0 atom stereocenters. The molecule has 2 aromatic rings. The molecule has 0 fully saturated rings. The molecule has 0 aliphatic rings. The number of hydrogen-bond acceptors (Lipinski definition) is 2. The fourth-order valence-corrected chi connectivity index (χ4v) is 2.52. The van der Waals surface area contributed by atoms with Crippen molar-refractivity contribution in [3.63, 3.8) is 0 Å². The number of nitrogens with zero attached hydrogens (tertiary/aromatic N) is 1. The second kappa shape index (κ2) is 5.79. The molecule has 0 spiro atoms. The van der Waals surface area contributed by atoms with Crippen molar-refractivity contribution in [3.8, 4) is 0 Å². The first-order valence-electron chi connectivity index (χ1n) is 6.76. The van der Waals surface area contributed by atoms with Crippen LogP contribution in [-0.2, 0) is 6.54 Å². The quantitative estimate of drug-likeness (QED) is 0.838. The fraction of sp³-hybridized carbons (Fsp3) is 0.294. The molecule has 0 aromatic heterocycles. The lowest BCUT2D eigenvalue weighted by Crippen LogP contribution is -2.23. The summed E-state index contributed by atoms with van der Waals surface area (Å²) >= 11 is 0. The zero-order valence-corrected chi connectivity index (χ0v) is 12.0. The van der Waals surface area contributed by atoms with Crippen LogP contribution in [0.2, 0.25) is 0 Å². The molecule has 0 saturated heterocycles. The van der Waals surface area contributed by atoms with Gasteiger partial charge >= 0.3 is 0 Å². The summed E-state index contributed by atoms with van der Waals surface area (Å²) in [6.07, 6.45) is 0. The standard InChI is InChI=1S/C17H22N2/c1-4-19(17-8-6-5-7-16(17)18)12-15-10-13(2)9-14(3)11-15/h5-11H,4,12,18H2,1-3H3. The first kappa shape index (κ1) is 13.5. The molecule has 0 bridgehead atoms. The third-order valence-corrected chi connectivity index (χ3v) is 3.31. The lowest BCUT2D eigenvalue weighted by atomic mass is 10.1. The summed E-state index contributed by atoms with van der Waals surface area (Å²) in [5.74, 6) is 0. The van der Waals surface area contributed by atoms with E-state index in [1.54, 1.807) is 0 Å². The number of anilines is 2. The van der Waals surface area contributed by atoms with E-state index >= 15 is 0 Å². The van der Waals surface area contributed by atoms with Crippen molar-refractivity contribution in [2.75, 3.05) is 17.2 Å². The van der Waals surface area contributed by atoms with Crippen LogP contribution in [0.4, 0.5) is 11.4 Å². The van der Waals surface area contributed by atoms with Gasteiger partial charge in [-0.25, -0.2) is 0 Å². The second-order valence-electron chi connectivity index (χ2n) is 5.07. The number of benzene rings is 2. The average Bonchev–Trinajstić information content (AvgIpc) is 2.36. The van der Waals surface area contributed by atoms with Crippen LogP contribution in [-0.4, -0.2) is 6.54 Å². The molecular weight excluding hydrogens is 232 g/mol. The Bertz CT molecular complexity index is 541. The summed E-state index contributed by atoms with van der Waals surface area (Å²) in [5.41, 5.74) is 12.0. The SMILES string of the molecule is CCN(Cc1cc(C)cc(C)c1)c1ccccc1N. The minimum Gasteiger partial charge on any atom is -0.397 e. The summed E-state index contributed by atoms with van der Waals surface area (Å²) < 4.78 is 0. The third-order valence-electron chi connectivity index (χ3n) is 3.31. The van der Waals surface area contributed by atoms with Crippen LogP contribution < -0.4 is 10.6 Å². The number of nitrogen functional groups attached to an aromatic ring is 1. The molecule has 100 valence electrons. The molecule has 2 nitrogen and oxygen atoms in total. The maximum atomic E-state index is 6.07. The smallest absolute Gasteiger partial charge is 0.0602 e. The van der Waals surface area contributed by atoms with E-state index in [9.17, 15) is 0 Å². The van der Waals surface area contributed by atoms with E-state index in [0.717, 1.165) is 24.5 Å². The van der Waals surface area contributed by atoms with Crippen LogP contribution in [0.15, 0.2) is 42.5 Å². The summed E-state index contributed by atoms with van der Waals surface area (Å²) in [6, 6.07) is 14.8. The minimum absolute atomic E-state index is 0.841. The Balaban J connectivity index is 2.26. The summed E-state index contributed by atoms with van der Waals surface area (Å²) in [7, 11) is 0. The maximum absolute atomic E-state index is 6.07. The summed E-state index contributed by atoms with van der Waals surface area (Å²) in [5, 5.41) is 0. The monoisotopic (exact) mass is 254 g/mol. The Kier molecular flexibility index (Phi) is 4.10. The number of rotatable bonds is 4. The van der Waals surface area contributed by atoms with Crippen LogP contribution in [0.1, 0.15) is 23.6 Å². The van der Waals surface area contributed by atoms with Gasteiger partial charge in [-0.05, 0) is 38.5 Å². The van der Waals surface area contributed by atoms with E-state index in [-0.39, 0.29) is 0 Å². The molecule has 0 aliphatic carbocycles. The number of para-hydroxylation sites is 2. The molecule has 0 aliphatic heterocycles. The molecule has 2 heteroatoms. The predicted molar refractivity (Wildman–Crippen MR) is 83.5 cm³/mol. The highest BCUT2D eigenvalue weighted by molar-refractivity contribution is 5.67. The van der Waals surface area contributed by atoms with E-state index < -0.39 is 0 Å².